The first-order valence-electron chi connectivity index (χ1n) is 5.69. The monoisotopic (exact) mass is 244 g/mol. The fourth-order valence-electron chi connectivity index (χ4n) is 1.68. The van der Waals surface area contributed by atoms with Gasteiger partial charge in [-0.2, -0.15) is 0 Å². The topological polar surface area (TPSA) is 78.9 Å². The molecule has 0 aliphatic carbocycles. The molecule has 2 amide bonds. The van der Waals surface area contributed by atoms with Crippen molar-refractivity contribution in [1.29, 1.82) is 0 Å². The lowest BCUT2D eigenvalue weighted by molar-refractivity contribution is -0.121. The second kappa shape index (κ2) is 5.35. The quantitative estimate of drug-likeness (QED) is 0.675. The Morgan fingerprint density at radius 3 is 2.65 bits per heavy atom. The van der Waals surface area contributed by atoms with Crippen molar-refractivity contribution in [2.75, 3.05) is 13.1 Å². The Kier molecular flexibility index (Phi) is 4.34. The van der Waals surface area contributed by atoms with Crippen LogP contribution in [0.4, 0.5) is 4.79 Å². The summed E-state index contributed by atoms with van der Waals surface area (Å²) in [6.45, 7) is 6.10. The van der Waals surface area contributed by atoms with Gasteiger partial charge in [0.25, 0.3) is 0 Å². The Bertz CT molecular complexity index is 288. The molecule has 0 bridgehead atoms. The van der Waals surface area contributed by atoms with Crippen molar-refractivity contribution in [2.45, 2.75) is 44.9 Å². The molecular weight excluding hydrogens is 224 g/mol. The molecule has 1 heterocycles. The van der Waals surface area contributed by atoms with Crippen LogP contribution in [0.1, 0.15) is 27.2 Å². The molecule has 0 saturated carbocycles. The fraction of sp³-hybridized carbons (Fsp3) is 0.818. The summed E-state index contributed by atoms with van der Waals surface area (Å²) in [5.41, 5.74) is -0.557. The normalized spacial score (nSPS) is 25.3. The predicted octanol–water partition coefficient (Wildman–Crippen LogP) is 0.103. The summed E-state index contributed by atoms with van der Waals surface area (Å²) in [6.07, 6.45) is -0.0610. The Morgan fingerprint density at radius 1 is 1.53 bits per heavy atom. The van der Waals surface area contributed by atoms with Gasteiger partial charge in [-0.1, -0.05) is 0 Å². The van der Waals surface area contributed by atoms with Crippen molar-refractivity contribution in [3.8, 4) is 0 Å². The zero-order valence-electron chi connectivity index (χ0n) is 10.5. The molecule has 2 N–H and O–H groups in total. The molecule has 0 spiro atoms. The van der Waals surface area contributed by atoms with Crippen molar-refractivity contribution in [1.82, 2.24) is 10.2 Å². The third-order valence-electron chi connectivity index (χ3n) is 2.46. The summed E-state index contributed by atoms with van der Waals surface area (Å²) in [4.78, 5) is 23.5. The van der Waals surface area contributed by atoms with Gasteiger partial charge in [-0.15, -0.1) is 0 Å². The van der Waals surface area contributed by atoms with E-state index >= 15 is 0 Å². The number of nitrogens with zero attached hydrogens (tertiary/aromatic N) is 1. The number of hydrogen-bond donors (Lipinski definition) is 2. The first-order valence-corrected chi connectivity index (χ1v) is 5.69. The van der Waals surface area contributed by atoms with Gasteiger partial charge >= 0.3 is 6.09 Å². The highest BCUT2D eigenvalue weighted by Crippen LogP contribution is 2.12. The Balaban J connectivity index is 2.42. The number of alkyl carbamates (subject to hydrolysis) is 1. The molecule has 0 radical (unpaired) electrons. The zero-order chi connectivity index (χ0) is 13.1. The maximum absolute atomic E-state index is 11.5. The minimum atomic E-state index is -0.749. The van der Waals surface area contributed by atoms with Crippen LogP contribution in [-0.4, -0.2) is 53.3 Å². The fourth-order valence-corrected chi connectivity index (χ4v) is 1.68. The minimum absolute atomic E-state index is 0.240. The maximum atomic E-state index is 11.5. The number of carbonyl (C=O) groups is 2. The van der Waals surface area contributed by atoms with Crippen molar-refractivity contribution < 1.29 is 19.4 Å². The van der Waals surface area contributed by atoms with Gasteiger partial charge in [0.15, 0.2) is 0 Å². The number of nitrogens with one attached hydrogen (secondary N) is 1. The number of aliphatic hydroxyl groups is 1. The molecule has 1 rings (SSSR count). The van der Waals surface area contributed by atoms with Crippen molar-refractivity contribution >= 4 is 12.5 Å². The molecule has 2 unspecified atom stereocenters. The lowest BCUT2D eigenvalue weighted by Crippen LogP contribution is -2.54. The van der Waals surface area contributed by atoms with Gasteiger partial charge in [-0.25, -0.2) is 4.79 Å². The summed E-state index contributed by atoms with van der Waals surface area (Å²) in [7, 11) is 0. The average Bonchev–Trinajstić information content (AvgIpc) is 2.18. The second-order valence-corrected chi connectivity index (χ2v) is 5.21. The molecule has 6 heteroatoms. The summed E-state index contributed by atoms with van der Waals surface area (Å²) in [6, 6.07) is -0.360. The number of piperidine rings is 1. The van der Waals surface area contributed by atoms with Crippen molar-refractivity contribution in [3.63, 3.8) is 0 Å². The molecular formula is C11H20N2O4. The molecule has 1 aliphatic rings. The van der Waals surface area contributed by atoms with Crippen LogP contribution in [0, 0.1) is 0 Å². The van der Waals surface area contributed by atoms with E-state index in [0.29, 0.717) is 19.4 Å². The van der Waals surface area contributed by atoms with E-state index in [-0.39, 0.29) is 12.6 Å². The van der Waals surface area contributed by atoms with Crippen LogP contribution < -0.4 is 5.32 Å². The van der Waals surface area contributed by atoms with Crippen LogP contribution in [0.15, 0.2) is 0 Å². The summed E-state index contributed by atoms with van der Waals surface area (Å²) >= 11 is 0. The van der Waals surface area contributed by atoms with Gasteiger partial charge < -0.3 is 20.1 Å². The van der Waals surface area contributed by atoms with E-state index in [1.54, 1.807) is 20.8 Å². The number of likely N-dealkylation sites (tertiary alicyclic amines) is 1. The highest BCUT2D eigenvalue weighted by atomic mass is 16.6. The van der Waals surface area contributed by atoms with Crippen molar-refractivity contribution in [3.05, 3.63) is 0 Å². The molecule has 98 valence electrons. The Labute approximate surface area is 101 Å². The van der Waals surface area contributed by atoms with Gasteiger partial charge in [0.2, 0.25) is 6.41 Å². The molecule has 17 heavy (non-hydrogen) atoms. The van der Waals surface area contributed by atoms with Crippen LogP contribution in [0.3, 0.4) is 0 Å². The van der Waals surface area contributed by atoms with Crippen LogP contribution in [0.5, 0.6) is 0 Å². The van der Waals surface area contributed by atoms with E-state index in [2.05, 4.69) is 5.32 Å². The number of rotatable bonds is 2. The molecule has 1 fully saturated rings. The average molecular weight is 244 g/mol. The van der Waals surface area contributed by atoms with Gasteiger partial charge in [0, 0.05) is 13.1 Å². The smallest absolute Gasteiger partial charge is 0.407 e. The summed E-state index contributed by atoms with van der Waals surface area (Å²) in [5, 5.41) is 12.4. The number of carbonyl (C=O) groups excluding carboxylic acids is 2. The molecule has 2 atom stereocenters. The lowest BCUT2D eigenvalue weighted by atomic mass is 10.0. The first kappa shape index (κ1) is 13.8. The zero-order valence-corrected chi connectivity index (χ0v) is 10.5. The number of ether oxygens (including phenoxy) is 1. The predicted molar refractivity (Wildman–Crippen MR) is 61.4 cm³/mol. The molecule has 1 aliphatic heterocycles. The standard InChI is InChI=1S/C11H20N2O4/c1-11(2,3)17-10(16)12-8-4-5-13(7-14)6-9(8)15/h7-9,15H,4-6H2,1-3H3,(H,12,16). The van der Waals surface area contributed by atoms with Crippen LogP contribution in [-0.2, 0) is 9.53 Å². The summed E-state index contributed by atoms with van der Waals surface area (Å²) < 4.78 is 5.10. The van der Waals surface area contributed by atoms with E-state index in [1.165, 1.54) is 4.90 Å². The minimum Gasteiger partial charge on any atom is -0.444 e. The summed E-state index contributed by atoms with van der Waals surface area (Å²) in [5.74, 6) is 0. The first-order chi connectivity index (χ1) is 7.81. The van der Waals surface area contributed by atoms with Crippen LogP contribution >= 0.6 is 0 Å². The highest BCUT2D eigenvalue weighted by Gasteiger charge is 2.29. The number of aliphatic hydroxyl groups excluding tert-OH is 1. The molecule has 0 aromatic heterocycles. The van der Waals surface area contributed by atoms with E-state index in [4.69, 9.17) is 4.74 Å². The van der Waals surface area contributed by atoms with E-state index in [0.717, 1.165) is 0 Å². The molecule has 0 aromatic rings. The van der Waals surface area contributed by atoms with Crippen LogP contribution in [0.2, 0.25) is 0 Å². The van der Waals surface area contributed by atoms with Gasteiger partial charge in [0.1, 0.15) is 5.60 Å². The third-order valence-corrected chi connectivity index (χ3v) is 2.46. The maximum Gasteiger partial charge on any atom is 0.407 e. The molecule has 0 aromatic carbocycles. The van der Waals surface area contributed by atoms with E-state index in [1.807, 2.05) is 0 Å². The van der Waals surface area contributed by atoms with E-state index in [9.17, 15) is 14.7 Å². The number of amides is 2. The van der Waals surface area contributed by atoms with E-state index < -0.39 is 17.8 Å². The largest absolute Gasteiger partial charge is 0.444 e. The second-order valence-electron chi connectivity index (χ2n) is 5.21. The van der Waals surface area contributed by atoms with Gasteiger partial charge in [-0.05, 0) is 27.2 Å². The Morgan fingerprint density at radius 2 is 2.18 bits per heavy atom. The SMILES string of the molecule is CC(C)(C)OC(=O)NC1CCN(C=O)CC1O. The number of β-amino-alcohol motifs (C(OH)–C–C–N with tert-alkyl or cyclic N) is 1. The molecule has 6 nitrogen and oxygen atoms in total. The molecule has 1 saturated heterocycles. The van der Waals surface area contributed by atoms with Gasteiger partial charge in [-0.3, -0.25) is 4.79 Å². The third kappa shape index (κ3) is 4.60. The Hall–Kier alpha value is -1.30. The van der Waals surface area contributed by atoms with Crippen LogP contribution in [0.25, 0.3) is 0 Å². The van der Waals surface area contributed by atoms with Gasteiger partial charge in [0.05, 0.1) is 12.1 Å². The highest BCUT2D eigenvalue weighted by molar-refractivity contribution is 5.68. The number of hydrogen-bond acceptors (Lipinski definition) is 4. The van der Waals surface area contributed by atoms with Crippen molar-refractivity contribution in [2.24, 2.45) is 0 Å². The lowest BCUT2D eigenvalue weighted by Gasteiger charge is -2.34.